The van der Waals surface area contributed by atoms with Gasteiger partial charge in [-0.1, -0.05) is 11.2 Å². The number of halogens is 2. The first kappa shape index (κ1) is 15.5. The Bertz CT molecular complexity index is 852. The number of aromatic nitrogens is 2. The van der Waals surface area contributed by atoms with Gasteiger partial charge in [0.15, 0.2) is 0 Å². The van der Waals surface area contributed by atoms with Gasteiger partial charge in [-0.05, 0) is 18.2 Å². The summed E-state index contributed by atoms with van der Waals surface area (Å²) < 4.78 is 52.6. The van der Waals surface area contributed by atoms with Gasteiger partial charge < -0.3 is 4.42 Å². The monoisotopic (exact) mass is 343 g/mol. The predicted octanol–water partition coefficient (Wildman–Crippen LogP) is 1.53. The summed E-state index contributed by atoms with van der Waals surface area (Å²) in [7, 11) is -4.67. The van der Waals surface area contributed by atoms with E-state index in [9.17, 15) is 21.5 Å². The third-order valence-corrected chi connectivity index (χ3v) is 4.23. The van der Waals surface area contributed by atoms with E-state index in [-0.39, 0.29) is 24.9 Å². The molecule has 1 aliphatic heterocycles. The van der Waals surface area contributed by atoms with Crippen LogP contribution in [0.4, 0.5) is 14.3 Å². The Balaban J connectivity index is 1.79. The fourth-order valence-corrected chi connectivity index (χ4v) is 3.21. The lowest BCUT2D eigenvalue weighted by Crippen LogP contribution is -2.25. The summed E-state index contributed by atoms with van der Waals surface area (Å²) in [5.41, 5.74) is 0.346. The van der Waals surface area contributed by atoms with Crippen LogP contribution in [0.2, 0.25) is 0 Å². The Labute approximate surface area is 130 Å². The van der Waals surface area contributed by atoms with Crippen LogP contribution in [0.25, 0.3) is 11.5 Å². The van der Waals surface area contributed by atoms with Gasteiger partial charge in [0.1, 0.15) is 5.82 Å². The van der Waals surface area contributed by atoms with E-state index in [1.54, 1.807) is 6.07 Å². The van der Waals surface area contributed by atoms with Crippen molar-refractivity contribution in [2.24, 2.45) is 5.92 Å². The van der Waals surface area contributed by atoms with Crippen LogP contribution in [-0.4, -0.2) is 36.8 Å². The maximum absolute atomic E-state index is 13.2. The van der Waals surface area contributed by atoms with E-state index in [1.807, 2.05) is 0 Å². The number of amides is 1. The van der Waals surface area contributed by atoms with Gasteiger partial charge in [-0.25, -0.2) is 4.39 Å². The van der Waals surface area contributed by atoms with Crippen LogP contribution < -0.4 is 4.90 Å². The lowest BCUT2D eigenvalue weighted by Gasteiger charge is -2.10. The number of carbonyl (C=O) groups is 1. The van der Waals surface area contributed by atoms with Crippen molar-refractivity contribution >= 4 is 22.1 Å². The average Bonchev–Trinajstić information content (AvgIpc) is 3.03. The number of hydrogen-bond donors (Lipinski definition) is 0. The van der Waals surface area contributed by atoms with Crippen molar-refractivity contribution in [2.75, 3.05) is 17.2 Å². The number of rotatable bonds is 4. The van der Waals surface area contributed by atoms with E-state index < -0.39 is 33.6 Å². The van der Waals surface area contributed by atoms with Gasteiger partial charge in [0.2, 0.25) is 11.8 Å². The average molecular weight is 343 g/mol. The number of anilines is 1. The Morgan fingerprint density at radius 3 is 2.83 bits per heavy atom. The third kappa shape index (κ3) is 3.52. The second kappa shape index (κ2) is 5.69. The molecule has 1 atom stereocenters. The Kier molecular flexibility index (Phi) is 3.84. The highest BCUT2D eigenvalue weighted by atomic mass is 32.3. The van der Waals surface area contributed by atoms with E-state index in [2.05, 4.69) is 10.2 Å². The predicted molar refractivity (Wildman–Crippen MR) is 75.0 cm³/mol. The summed E-state index contributed by atoms with van der Waals surface area (Å²) in [5, 5.41) is 7.45. The van der Waals surface area contributed by atoms with Crippen molar-refractivity contribution in [1.82, 2.24) is 10.2 Å². The largest absolute Gasteiger partial charge is 0.403 e. The van der Waals surface area contributed by atoms with Gasteiger partial charge in [-0.2, -0.15) is 8.42 Å². The van der Waals surface area contributed by atoms with Crippen LogP contribution in [-0.2, 0) is 15.0 Å². The van der Waals surface area contributed by atoms with Crippen LogP contribution in [0.3, 0.4) is 0 Å². The highest BCUT2D eigenvalue weighted by Gasteiger charge is 2.36. The summed E-state index contributed by atoms with van der Waals surface area (Å²) in [6.07, 6.45) is -0.124. The van der Waals surface area contributed by atoms with Crippen molar-refractivity contribution in [2.45, 2.75) is 6.42 Å². The molecule has 23 heavy (non-hydrogen) atoms. The quantitative estimate of drug-likeness (QED) is 0.782. The van der Waals surface area contributed by atoms with E-state index >= 15 is 0 Å². The van der Waals surface area contributed by atoms with Crippen LogP contribution in [0.15, 0.2) is 28.7 Å². The van der Waals surface area contributed by atoms with Gasteiger partial charge in [-0.15, -0.1) is 8.98 Å². The summed E-state index contributed by atoms with van der Waals surface area (Å²) in [6.45, 7) is -0.0350. The molecule has 1 unspecified atom stereocenters. The smallest absolute Gasteiger partial charge is 0.325 e. The zero-order valence-electron chi connectivity index (χ0n) is 11.6. The lowest BCUT2D eigenvalue weighted by molar-refractivity contribution is -0.117. The van der Waals surface area contributed by atoms with Gasteiger partial charge in [0.25, 0.3) is 0 Å². The zero-order chi connectivity index (χ0) is 16.6. The maximum atomic E-state index is 13.2. The SMILES string of the molecule is O=C1CC(CS(=O)(=O)F)CN1c1nnc(-c2cccc(F)c2)o1. The van der Waals surface area contributed by atoms with E-state index in [4.69, 9.17) is 4.42 Å². The molecule has 0 aliphatic carbocycles. The first-order valence-electron chi connectivity index (χ1n) is 6.64. The zero-order valence-corrected chi connectivity index (χ0v) is 12.5. The molecule has 2 heterocycles. The Morgan fingerprint density at radius 2 is 2.13 bits per heavy atom. The van der Waals surface area contributed by atoms with Gasteiger partial charge in [0.05, 0.1) is 5.75 Å². The minimum atomic E-state index is -4.67. The minimum absolute atomic E-state index is 0.0221. The molecule has 0 N–H and O–H groups in total. The van der Waals surface area contributed by atoms with E-state index in [0.29, 0.717) is 5.56 Å². The molecule has 10 heteroatoms. The summed E-state index contributed by atoms with van der Waals surface area (Å²) in [5.74, 6) is -2.31. The molecule has 0 bridgehead atoms. The van der Waals surface area contributed by atoms with Crippen molar-refractivity contribution in [3.8, 4) is 11.5 Å². The molecule has 0 radical (unpaired) electrons. The number of benzene rings is 1. The molecule has 2 aromatic rings. The minimum Gasteiger partial charge on any atom is -0.403 e. The number of nitrogens with zero attached hydrogens (tertiary/aromatic N) is 3. The lowest BCUT2D eigenvalue weighted by atomic mass is 10.1. The number of carbonyl (C=O) groups excluding carboxylic acids is 1. The highest BCUT2D eigenvalue weighted by molar-refractivity contribution is 7.86. The molecule has 1 aliphatic rings. The first-order chi connectivity index (χ1) is 10.8. The van der Waals surface area contributed by atoms with Crippen LogP contribution in [0.5, 0.6) is 0 Å². The highest BCUT2D eigenvalue weighted by Crippen LogP contribution is 2.28. The number of hydrogen-bond acceptors (Lipinski definition) is 6. The second-order valence-electron chi connectivity index (χ2n) is 5.18. The molecule has 1 aromatic heterocycles. The summed E-state index contributed by atoms with van der Waals surface area (Å²) in [6, 6.07) is 5.35. The first-order valence-corrected chi connectivity index (χ1v) is 8.19. The standard InChI is InChI=1S/C13H11F2N3O4S/c14-10-3-1-2-9(5-10)12-16-17-13(22-12)18-6-8(4-11(18)19)7-23(15,20)21/h1-3,5,8H,4,6-7H2. The fraction of sp³-hybridized carbons (Fsp3) is 0.308. The van der Waals surface area contributed by atoms with E-state index in [1.165, 1.54) is 18.2 Å². The summed E-state index contributed by atoms with van der Waals surface area (Å²) >= 11 is 0. The molecular weight excluding hydrogens is 332 g/mol. The van der Waals surface area contributed by atoms with Crippen LogP contribution >= 0.6 is 0 Å². The maximum Gasteiger partial charge on any atom is 0.325 e. The van der Waals surface area contributed by atoms with Crippen LogP contribution in [0.1, 0.15) is 6.42 Å². The second-order valence-corrected chi connectivity index (χ2v) is 6.59. The molecule has 7 nitrogen and oxygen atoms in total. The van der Waals surface area contributed by atoms with Crippen molar-refractivity contribution in [3.63, 3.8) is 0 Å². The van der Waals surface area contributed by atoms with Gasteiger partial charge in [0, 0.05) is 24.4 Å². The molecule has 1 saturated heterocycles. The normalized spacial score (nSPS) is 18.6. The topological polar surface area (TPSA) is 93.4 Å². The molecule has 0 spiro atoms. The van der Waals surface area contributed by atoms with Crippen molar-refractivity contribution < 1.29 is 25.9 Å². The van der Waals surface area contributed by atoms with E-state index in [0.717, 1.165) is 4.90 Å². The van der Waals surface area contributed by atoms with Gasteiger partial charge >= 0.3 is 16.2 Å². The van der Waals surface area contributed by atoms with Crippen molar-refractivity contribution in [1.29, 1.82) is 0 Å². The Morgan fingerprint density at radius 1 is 1.35 bits per heavy atom. The molecule has 1 amide bonds. The molecule has 122 valence electrons. The van der Waals surface area contributed by atoms with Crippen LogP contribution in [0, 0.1) is 11.7 Å². The molecular formula is C13H11F2N3O4S. The van der Waals surface area contributed by atoms with Gasteiger partial charge in [-0.3, -0.25) is 9.69 Å². The molecule has 3 rings (SSSR count). The van der Waals surface area contributed by atoms with Crippen molar-refractivity contribution in [3.05, 3.63) is 30.1 Å². The molecule has 0 saturated carbocycles. The molecule has 1 fully saturated rings. The third-order valence-electron chi connectivity index (χ3n) is 3.36. The Hall–Kier alpha value is -2.36. The molecule has 1 aromatic carbocycles. The summed E-state index contributed by atoms with van der Waals surface area (Å²) in [4.78, 5) is 13.0. The fourth-order valence-electron chi connectivity index (χ4n) is 2.42.